The van der Waals surface area contributed by atoms with Crippen molar-refractivity contribution in [2.24, 2.45) is 0 Å². The highest BCUT2D eigenvalue weighted by atomic mass is 79.9. The lowest BCUT2D eigenvalue weighted by Gasteiger charge is -1.99. The molecule has 0 fully saturated rings. The minimum Gasteiger partial charge on any atom is -0.250 e. The Morgan fingerprint density at radius 2 is 2.15 bits per heavy atom. The number of rotatable bonds is 0. The Labute approximate surface area is 88.3 Å². The maximum atomic E-state index is 5.89. The van der Waals surface area contributed by atoms with E-state index in [1.807, 2.05) is 6.07 Å². The number of hydrogen-bond donors (Lipinski definition) is 0. The van der Waals surface area contributed by atoms with E-state index in [2.05, 4.69) is 30.9 Å². The van der Waals surface area contributed by atoms with Crippen molar-refractivity contribution in [3.05, 3.63) is 27.7 Å². The van der Waals surface area contributed by atoms with Gasteiger partial charge in [0.25, 0.3) is 0 Å². The molecule has 0 amide bonds. The molecule has 0 aliphatic rings. The smallest absolute Gasteiger partial charge is 0.159 e. The van der Waals surface area contributed by atoms with E-state index in [0.29, 0.717) is 16.5 Å². The molecule has 0 saturated carbocycles. The highest BCUT2D eigenvalue weighted by Gasteiger charge is 2.04. The van der Waals surface area contributed by atoms with Crippen LogP contribution in [-0.4, -0.2) is 15.0 Å². The summed E-state index contributed by atoms with van der Waals surface area (Å²) in [5.74, 6) is 0.650. The predicted molar refractivity (Wildman–Crippen MR) is 54.8 cm³/mol. The van der Waals surface area contributed by atoms with Crippen molar-refractivity contribution in [3.8, 4) is 0 Å². The molecule has 0 unspecified atom stereocenters. The van der Waals surface area contributed by atoms with Crippen LogP contribution in [0.1, 0.15) is 5.82 Å². The van der Waals surface area contributed by atoms with Crippen LogP contribution in [0.5, 0.6) is 0 Å². The van der Waals surface area contributed by atoms with Gasteiger partial charge in [0.15, 0.2) is 5.15 Å². The molecule has 0 spiro atoms. The van der Waals surface area contributed by atoms with Crippen LogP contribution in [0.2, 0.25) is 5.15 Å². The summed E-state index contributed by atoms with van der Waals surface area (Å²) in [5, 5.41) is 0.398. The van der Waals surface area contributed by atoms with Gasteiger partial charge in [-0.15, -0.1) is 0 Å². The number of fused-ring (bicyclic) bond motifs is 1. The Bertz CT molecular complexity index is 467. The first-order valence-electron chi connectivity index (χ1n) is 3.62. The number of aromatic nitrogens is 3. The summed E-state index contributed by atoms with van der Waals surface area (Å²) in [4.78, 5) is 12.3. The maximum absolute atomic E-state index is 5.89. The molecule has 0 saturated heterocycles. The molecule has 13 heavy (non-hydrogen) atoms. The van der Waals surface area contributed by atoms with Gasteiger partial charge in [-0.25, -0.2) is 9.97 Å². The van der Waals surface area contributed by atoms with E-state index < -0.39 is 0 Å². The van der Waals surface area contributed by atoms with Crippen molar-refractivity contribution in [1.82, 2.24) is 15.0 Å². The Morgan fingerprint density at radius 3 is 2.92 bits per heavy atom. The molecule has 66 valence electrons. The normalized spacial score (nSPS) is 10.7. The number of aryl methyl sites for hydroxylation is 1. The Morgan fingerprint density at radius 1 is 1.38 bits per heavy atom. The van der Waals surface area contributed by atoms with Gasteiger partial charge in [0.05, 0.1) is 5.52 Å². The minimum atomic E-state index is 0.398. The predicted octanol–water partition coefficient (Wildman–Crippen LogP) is 2.75. The quantitative estimate of drug-likeness (QED) is 0.682. The second-order valence-corrected chi connectivity index (χ2v) is 3.86. The monoisotopic (exact) mass is 257 g/mol. The second kappa shape index (κ2) is 3.20. The number of halogens is 2. The molecular formula is C8H5BrClN3. The van der Waals surface area contributed by atoms with Gasteiger partial charge in [0.2, 0.25) is 0 Å². The Balaban J connectivity index is 2.86. The molecule has 0 aromatic carbocycles. The third-order valence-electron chi connectivity index (χ3n) is 1.57. The lowest BCUT2D eigenvalue weighted by Crippen LogP contribution is -1.92. The Kier molecular flexibility index (Phi) is 2.17. The summed E-state index contributed by atoms with van der Waals surface area (Å²) >= 11 is 9.20. The molecule has 2 aromatic heterocycles. The molecular weight excluding hydrogens is 253 g/mol. The zero-order chi connectivity index (χ0) is 9.42. The van der Waals surface area contributed by atoms with E-state index in [1.54, 1.807) is 13.1 Å². The summed E-state index contributed by atoms with van der Waals surface area (Å²) < 4.78 is 0.883. The van der Waals surface area contributed by atoms with Gasteiger partial charge in [-0.05, 0) is 28.9 Å². The average molecular weight is 259 g/mol. The van der Waals surface area contributed by atoms with Gasteiger partial charge in [-0.3, -0.25) is 4.98 Å². The van der Waals surface area contributed by atoms with Crippen LogP contribution < -0.4 is 0 Å². The molecule has 2 rings (SSSR count). The van der Waals surface area contributed by atoms with Crippen molar-refractivity contribution >= 4 is 38.6 Å². The number of pyridine rings is 1. The first kappa shape index (κ1) is 8.84. The van der Waals surface area contributed by atoms with E-state index in [4.69, 9.17) is 11.6 Å². The van der Waals surface area contributed by atoms with Crippen LogP contribution in [0.15, 0.2) is 16.7 Å². The van der Waals surface area contributed by atoms with Crippen LogP contribution in [0.4, 0.5) is 0 Å². The van der Waals surface area contributed by atoms with Crippen LogP contribution in [-0.2, 0) is 0 Å². The number of nitrogens with zero attached hydrogens (tertiary/aromatic N) is 3. The third-order valence-corrected chi connectivity index (χ3v) is 2.27. The zero-order valence-corrected chi connectivity index (χ0v) is 9.09. The van der Waals surface area contributed by atoms with Gasteiger partial charge in [0, 0.05) is 10.7 Å². The standard InChI is InChI=1S/C8H5BrClN3/c1-4-12-6-2-5(9)3-11-7(6)8(10)13-4/h2-3H,1H3. The molecule has 0 radical (unpaired) electrons. The summed E-state index contributed by atoms with van der Waals surface area (Å²) in [6.45, 7) is 1.80. The van der Waals surface area contributed by atoms with Gasteiger partial charge in [0.1, 0.15) is 11.3 Å². The molecule has 0 atom stereocenters. The zero-order valence-electron chi connectivity index (χ0n) is 6.75. The van der Waals surface area contributed by atoms with Crippen molar-refractivity contribution in [1.29, 1.82) is 0 Å². The van der Waals surface area contributed by atoms with Crippen LogP contribution in [0.3, 0.4) is 0 Å². The van der Waals surface area contributed by atoms with Gasteiger partial charge < -0.3 is 0 Å². The van der Waals surface area contributed by atoms with E-state index in [9.17, 15) is 0 Å². The fourth-order valence-corrected chi connectivity index (χ4v) is 1.65. The average Bonchev–Trinajstić information content (AvgIpc) is 2.02. The van der Waals surface area contributed by atoms with E-state index in [1.165, 1.54) is 0 Å². The number of hydrogen-bond acceptors (Lipinski definition) is 3. The second-order valence-electron chi connectivity index (χ2n) is 2.58. The molecule has 0 bridgehead atoms. The molecule has 5 heteroatoms. The highest BCUT2D eigenvalue weighted by molar-refractivity contribution is 9.10. The van der Waals surface area contributed by atoms with Crippen molar-refractivity contribution in [2.45, 2.75) is 6.92 Å². The largest absolute Gasteiger partial charge is 0.250 e. The van der Waals surface area contributed by atoms with E-state index in [-0.39, 0.29) is 0 Å². The lowest BCUT2D eigenvalue weighted by molar-refractivity contribution is 1.08. The van der Waals surface area contributed by atoms with Crippen molar-refractivity contribution < 1.29 is 0 Å². The first-order valence-corrected chi connectivity index (χ1v) is 4.79. The molecule has 3 nitrogen and oxygen atoms in total. The SMILES string of the molecule is Cc1nc(Cl)c2ncc(Br)cc2n1. The minimum absolute atomic E-state index is 0.398. The maximum Gasteiger partial charge on any atom is 0.159 e. The third kappa shape index (κ3) is 1.64. The molecule has 0 aliphatic heterocycles. The molecule has 2 heterocycles. The lowest BCUT2D eigenvalue weighted by atomic mass is 10.3. The molecule has 2 aromatic rings. The summed E-state index contributed by atoms with van der Waals surface area (Å²) in [6, 6.07) is 1.86. The van der Waals surface area contributed by atoms with E-state index >= 15 is 0 Å². The van der Waals surface area contributed by atoms with Gasteiger partial charge in [-0.1, -0.05) is 11.6 Å². The first-order chi connectivity index (χ1) is 6.16. The van der Waals surface area contributed by atoms with Crippen LogP contribution in [0, 0.1) is 6.92 Å². The molecule has 0 aliphatic carbocycles. The van der Waals surface area contributed by atoms with Crippen molar-refractivity contribution in [2.75, 3.05) is 0 Å². The Hall–Kier alpha value is -0.740. The van der Waals surface area contributed by atoms with E-state index in [0.717, 1.165) is 9.99 Å². The van der Waals surface area contributed by atoms with Crippen LogP contribution >= 0.6 is 27.5 Å². The fourth-order valence-electron chi connectivity index (χ4n) is 1.07. The summed E-state index contributed by atoms with van der Waals surface area (Å²) in [6.07, 6.45) is 1.67. The summed E-state index contributed by atoms with van der Waals surface area (Å²) in [5.41, 5.74) is 1.39. The molecule has 0 N–H and O–H groups in total. The van der Waals surface area contributed by atoms with Gasteiger partial charge in [-0.2, -0.15) is 0 Å². The highest BCUT2D eigenvalue weighted by Crippen LogP contribution is 2.20. The van der Waals surface area contributed by atoms with Crippen LogP contribution in [0.25, 0.3) is 11.0 Å². The topological polar surface area (TPSA) is 38.7 Å². The fraction of sp³-hybridized carbons (Fsp3) is 0.125. The van der Waals surface area contributed by atoms with Gasteiger partial charge >= 0.3 is 0 Å². The summed E-state index contributed by atoms with van der Waals surface area (Å²) in [7, 11) is 0. The van der Waals surface area contributed by atoms with Crippen molar-refractivity contribution in [3.63, 3.8) is 0 Å².